The molecule has 0 aromatic rings. The van der Waals surface area contributed by atoms with Gasteiger partial charge in [-0.3, -0.25) is 4.79 Å². The van der Waals surface area contributed by atoms with E-state index in [4.69, 9.17) is 9.84 Å². The molecule has 0 aliphatic heterocycles. The van der Waals surface area contributed by atoms with Crippen molar-refractivity contribution in [3.8, 4) is 0 Å². The molecule has 6 heteroatoms. The van der Waals surface area contributed by atoms with Crippen molar-refractivity contribution in [1.29, 1.82) is 0 Å². The van der Waals surface area contributed by atoms with E-state index in [1.165, 1.54) is 0 Å². The van der Waals surface area contributed by atoms with E-state index in [0.717, 1.165) is 0 Å². The molecule has 1 rings (SSSR count). The molecule has 17 heavy (non-hydrogen) atoms. The Morgan fingerprint density at radius 2 is 1.88 bits per heavy atom. The van der Waals surface area contributed by atoms with Gasteiger partial charge in [-0.05, 0) is 33.6 Å². The van der Waals surface area contributed by atoms with Gasteiger partial charge in [-0.15, -0.1) is 0 Å². The first-order valence-corrected chi connectivity index (χ1v) is 5.59. The minimum atomic E-state index is -0.947. The maximum atomic E-state index is 11.4. The van der Waals surface area contributed by atoms with Crippen LogP contribution in [0, 0.1) is 5.92 Å². The molecule has 1 amide bonds. The summed E-state index contributed by atoms with van der Waals surface area (Å²) in [6, 6.07) is -0.550. The molecule has 1 fully saturated rings. The second-order valence-electron chi connectivity index (χ2n) is 5.33. The Labute approximate surface area is 100.0 Å². The predicted molar refractivity (Wildman–Crippen MR) is 59.5 cm³/mol. The van der Waals surface area contributed by atoms with Crippen molar-refractivity contribution in [2.45, 2.75) is 51.4 Å². The van der Waals surface area contributed by atoms with Gasteiger partial charge in [-0.25, -0.2) is 4.79 Å². The van der Waals surface area contributed by atoms with Gasteiger partial charge in [0.1, 0.15) is 5.60 Å². The molecular formula is C11H19NO5. The summed E-state index contributed by atoms with van der Waals surface area (Å²) in [5, 5.41) is 20.9. The highest BCUT2D eigenvalue weighted by Crippen LogP contribution is 2.26. The molecule has 3 N–H and O–H groups in total. The molecule has 1 aliphatic rings. The average Bonchev–Trinajstić information content (AvgIpc) is 2.44. The first-order chi connectivity index (χ1) is 7.69. The first kappa shape index (κ1) is 13.8. The van der Waals surface area contributed by atoms with E-state index in [-0.39, 0.29) is 12.8 Å². The Hall–Kier alpha value is -1.30. The third-order valence-electron chi connectivity index (χ3n) is 2.58. The number of ether oxygens (including phenoxy) is 1. The van der Waals surface area contributed by atoms with Crippen LogP contribution in [-0.2, 0) is 9.53 Å². The van der Waals surface area contributed by atoms with Crippen molar-refractivity contribution in [1.82, 2.24) is 5.32 Å². The van der Waals surface area contributed by atoms with E-state index in [0.29, 0.717) is 0 Å². The lowest BCUT2D eigenvalue weighted by atomic mass is 10.1. The number of hydrogen-bond acceptors (Lipinski definition) is 4. The zero-order valence-electron chi connectivity index (χ0n) is 10.3. The predicted octanol–water partition coefficient (Wildman–Crippen LogP) is 0.735. The number of aliphatic carboxylic acids is 1. The number of carboxylic acid groups (broad SMARTS) is 1. The van der Waals surface area contributed by atoms with Gasteiger partial charge in [0.2, 0.25) is 0 Å². The van der Waals surface area contributed by atoms with Gasteiger partial charge in [-0.1, -0.05) is 0 Å². The second kappa shape index (κ2) is 4.91. The van der Waals surface area contributed by atoms with Gasteiger partial charge in [-0.2, -0.15) is 0 Å². The van der Waals surface area contributed by atoms with E-state index in [2.05, 4.69) is 5.32 Å². The van der Waals surface area contributed by atoms with Gasteiger partial charge in [0.15, 0.2) is 0 Å². The molecule has 0 aromatic carbocycles. The summed E-state index contributed by atoms with van der Waals surface area (Å²) >= 11 is 0. The minimum absolute atomic E-state index is 0.162. The van der Waals surface area contributed by atoms with Gasteiger partial charge in [0, 0.05) is 0 Å². The number of aliphatic hydroxyl groups is 1. The zero-order valence-corrected chi connectivity index (χ0v) is 10.3. The number of nitrogens with one attached hydrogen (secondary N) is 1. The smallest absolute Gasteiger partial charge is 0.407 e. The fraction of sp³-hybridized carbons (Fsp3) is 0.818. The summed E-state index contributed by atoms with van der Waals surface area (Å²) in [6.45, 7) is 5.20. The Morgan fingerprint density at radius 1 is 1.29 bits per heavy atom. The van der Waals surface area contributed by atoms with Crippen LogP contribution in [0.15, 0.2) is 0 Å². The quantitative estimate of drug-likeness (QED) is 0.666. The summed E-state index contributed by atoms with van der Waals surface area (Å²) in [7, 11) is 0. The number of carboxylic acids is 1. The van der Waals surface area contributed by atoms with E-state index < -0.39 is 35.7 Å². The maximum Gasteiger partial charge on any atom is 0.407 e. The highest BCUT2D eigenvalue weighted by Gasteiger charge is 2.38. The lowest BCUT2D eigenvalue weighted by Gasteiger charge is -2.22. The van der Waals surface area contributed by atoms with Crippen LogP contribution in [0.2, 0.25) is 0 Å². The summed E-state index contributed by atoms with van der Waals surface area (Å²) in [5.74, 6) is -1.55. The van der Waals surface area contributed by atoms with Gasteiger partial charge < -0.3 is 20.3 Å². The standard InChI is InChI=1S/C11H19NO5/c1-11(2,3)17-10(16)12-7-4-6(9(14)15)5-8(7)13/h6-8,13H,4-5H2,1-3H3,(H,12,16)(H,14,15)/t6-,7-,8-/m1/s1. The Kier molecular flexibility index (Phi) is 3.98. The van der Waals surface area contributed by atoms with Crippen molar-refractivity contribution in [2.24, 2.45) is 5.92 Å². The van der Waals surface area contributed by atoms with E-state index in [1.807, 2.05) is 0 Å². The highest BCUT2D eigenvalue weighted by molar-refractivity contribution is 5.72. The monoisotopic (exact) mass is 245 g/mol. The molecule has 1 aliphatic carbocycles. The summed E-state index contributed by atoms with van der Waals surface area (Å²) in [5.41, 5.74) is -0.611. The van der Waals surface area contributed by atoms with Gasteiger partial charge in [0.25, 0.3) is 0 Å². The van der Waals surface area contributed by atoms with Crippen LogP contribution in [0.4, 0.5) is 4.79 Å². The lowest BCUT2D eigenvalue weighted by Crippen LogP contribution is -2.42. The van der Waals surface area contributed by atoms with Crippen LogP contribution in [-0.4, -0.2) is 40.0 Å². The van der Waals surface area contributed by atoms with Crippen LogP contribution >= 0.6 is 0 Å². The topological polar surface area (TPSA) is 95.9 Å². The summed E-state index contributed by atoms with van der Waals surface area (Å²) < 4.78 is 5.04. The third-order valence-corrected chi connectivity index (χ3v) is 2.58. The lowest BCUT2D eigenvalue weighted by molar-refractivity contribution is -0.141. The number of aliphatic hydroxyl groups excluding tert-OH is 1. The minimum Gasteiger partial charge on any atom is -0.481 e. The summed E-state index contributed by atoms with van der Waals surface area (Å²) in [4.78, 5) is 22.2. The molecule has 0 unspecified atom stereocenters. The van der Waals surface area contributed by atoms with Crippen molar-refractivity contribution in [3.63, 3.8) is 0 Å². The molecule has 0 radical (unpaired) electrons. The Balaban J connectivity index is 2.47. The molecule has 1 saturated carbocycles. The number of hydrogen-bond donors (Lipinski definition) is 3. The number of carbonyl (C=O) groups excluding carboxylic acids is 1. The molecule has 0 aromatic heterocycles. The number of amides is 1. The molecule has 0 bridgehead atoms. The molecular weight excluding hydrogens is 226 g/mol. The molecule has 98 valence electrons. The van der Waals surface area contributed by atoms with Gasteiger partial charge in [0.05, 0.1) is 18.1 Å². The third kappa shape index (κ3) is 4.22. The highest BCUT2D eigenvalue weighted by atomic mass is 16.6. The fourth-order valence-corrected chi connectivity index (χ4v) is 1.83. The van der Waals surface area contributed by atoms with Crippen LogP contribution in [0.5, 0.6) is 0 Å². The SMILES string of the molecule is CC(C)(C)OC(=O)N[C@@H]1C[C@@H](C(=O)O)C[C@H]1O. The molecule has 0 saturated heterocycles. The second-order valence-corrected chi connectivity index (χ2v) is 5.33. The number of carbonyl (C=O) groups is 2. The van der Waals surface area contributed by atoms with Crippen LogP contribution in [0.25, 0.3) is 0 Å². The van der Waals surface area contributed by atoms with E-state index >= 15 is 0 Å². The van der Waals surface area contributed by atoms with Crippen molar-refractivity contribution in [3.05, 3.63) is 0 Å². The van der Waals surface area contributed by atoms with Crippen LogP contribution < -0.4 is 5.32 Å². The van der Waals surface area contributed by atoms with Crippen LogP contribution in [0.1, 0.15) is 33.6 Å². The molecule has 0 heterocycles. The maximum absolute atomic E-state index is 11.4. The largest absolute Gasteiger partial charge is 0.481 e. The van der Waals surface area contributed by atoms with E-state index in [1.54, 1.807) is 20.8 Å². The Bertz CT molecular complexity index is 309. The fourth-order valence-electron chi connectivity index (χ4n) is 1.83. The normalized spacial score (nSPS) is 28.8. The van der Waals surface area contributed by atoms with Crippen LogP contribution in [0.3, 0.4) is 0 Å². The molecule has 0 spiro atoms. The molecule has 3 atom stereocenters. The number of alkyl carbamates (subject to hydrolysis) is 1. The average molecular weight is 245 g/mol. The molecule has 6 nitrogen and oxygen atoms in total. The van der Waals surface area contributed by atoms with Crippen molar-refractivity contribution < 1.29 is 24.5 Å². The van der Waals surface area contributed by atoms with Gasteiger partial charge >= 0.3 is 12.1 Å². The Morgan fingerprint density at radius 3 is 2.29 bits per heavy atom. The number of rotatable bonds is 2. The van der Waals surface area contributed by atoms with Crippen molar-refractivity contribution in [2.75, 3.05) is 0 Å². The summed E-state index contributed by atoms with van der Waals surface area (Å²) in [6.07, 6.45) is -1.07. The first-order valence-electron chi connectivity index (χ1n) is 5.59. The van der Waals surface area contributed by atoms with E-state index in [9.17, 15) is 14.7 Å². The van der Waals surface area contributed by atoms with Crippen molar-refractivity contribution >= 4 is 12.1 Å². The zero-order chi connectivity index (χ0) is 13.2.